The van der Waals surface area contributed by atoms with Crippen molar-refractivity contribution in [3.8, 4) is 0 Å². The molecule has 4 nitrogen and oxygen atoms in total. The maximum atomic E-state index is 5.47. The van der Waals surface area contributed by atoms with E-state index in [1.807, 2.05) is 11.3 Å². The van der Waals surface area contributed by atoms with Crippen molar-refractivity contribution >= 4 is 11.3 Å². The fraction of sp³-hybridized carbons (Fsp3) is 0.538. The van der Waals surface area contributed by atoms with Crippen molar-refractivity contribution in [1.29, 1.82) is 0 Å². The number of aromatic nitrogens is 2. The predicted octanol–water partition coefficient (Wildman–Crippen LogP) is 2.63. The van der Waals surface area contributed by atoms with Gasteiger partial charge in [-0.25, -0.2) is 0 Å². The lowest BCUT2D eigenvalue weighted by Crippen LogP contribution is -2.29. The van der Waals surface area contributed by atoms with E-state index in [2.05, 4.69) is 26.9 Å². The Labute approximate surface area is 109 Å². The Morgan fingerprint density at radius 2 is 2.33 bits per heavy atom. The Morgan fingerprint density at radius 1 is 1.39 bits per heavy atom. The minimum atomic E-state index is 0.0985. The molecule has 1 saturated carbocycles. The van der Waals surface area contributed by atoms with Gasteiger partial charge in [0.05, 0.1) is 0 Å². The van der Waals surface area contributed by atoms with Crippen LogP contribution in [0, 0.1) is 0 Å². The Morgan fingerprint density at radius 3 is 3.17 bits per heavy atom. The number of rotatable bonds is 2. The second-order valence-corrected chi connectivity index (χ2v) is 6.06. The number of thiophene rings is 1. The largest absolute Gasteiger partial charge is 0.337 e. The van der Waals surface area contributed by atoms with E-state index in [1.54, 1.807) is 0 Å². The standard InChI is InChI=1S/C13H15N3OS/c1-2-8(3-1)12-15-13(17-16-12)11-9-5-7-18-10(9)4-6-14-11/h5,7-8,11,14H,1-4,6H2. The van der Waals surface area contributed by atoms with Crippen molar-refractivity contribution in [3.05, 3.63) is 33.6 Å². The smallest absolute Gasteiger partial charge is 0.248 e. The first-order valence-corrected chi connectivity index (χ1v) is 7.43. The van der Waals surface area contributed by atoms with Crippen molar-refractivity contribution in [2.75, 3.05) is 6.54 Å². The number of hydrogen-bond acceptors (Lipinski definition) is 5. The van der Waals surface area contributed by atoms with E-state index in [0.29, 0.717) is 5.92 Å². The third-order valence-corrected chi connectivity index (χ3v) is 4.96. The normalized spacial score (nSPS) is 23.7. The molecule has 5 heteroatoms. The van der Waals surface area contributed by atoms with Crippen LogP contribution in [0.15, 0.2) is 16.0 Å². The quantitative estimate of drug-likeness (QED) is 0.903. The highest BCUT2D eigenvalue weighted by atomic mass is 32.1. The van der Waals surface area contributed by atoms with Gasteiger partial charge in [-0.1, -0.05) is 11.6 Å². The van der Waals surface area contributed by atoms with Crippen molar-refractivity contribution in [2.45, 2.75) is 37.6 Å². The minimum absolute atomic E-state index is 0.0985. The minimum Gasteiger partial charge on any atom is -0.337 e. The molecule has 0 bridgehead atoms. The highest BCUT2D eigenvalue weighted by Gasteiger charge is 2.30. The summed E-state index contributed by atoms with van der Waals surface area (Å²) in [6.07, 6.45) is 4.82. The molecule has 1 fully saturated rings. The van der Waals surface area contributed by atoms with Gasteiger partial charge in [-0.15, -0.1) is 11.3 Å². The fourth-order valence-corrected chi connectivity index (χ4v) is 3.59. The maximum Gasteiger partial charge on any atom is 0.248 e. The van der Waals surface area contributed by atoms with E-state index >= 15 is 0 Å². The predicted molar refractivity (Wildman–Crippen MR) is 68.8 cm³/mol. The lowest BCUT2D eigenvalue weighted by atomic mass is 9.85. The van der Waals surface area contributed by atoms with E-state index in [9.17, 15) is 0 Å². The van der Waals surface area contributed by atoms with Gasteiger partial charge in [0.2, 0.25) is 5.89 Å². The van der Waals surface area contributed by atoms with E-state index in [4.69, 9.17) is 4.52 Å². The second-order valence-electron chi connectivity index (χ2n) is 5.05. The van der Waals surface area contributed by atoms with E-state index in [1.165, 1.54) is 29.7 Å². The first kappa shape index (κ1) is 10.7. The molecule has 1 N–H and O–H groups in total. The summed E-state index contributed by atoms with van der Waals surface area (Å²) in [5.41, 5.74) is 1.31. The van der Waals surface area contributed by atoms with Gasteiger partial charge in [-0.2, -0.15) is 4.98 Å². The Bertz CT molecular complexity index is 558. The molecule has 94 valence electrons. The first-order valence-electron chi connectivity index (χ1n) is 6.55. The maximum absolute atomic E-state index is 5.47. The van der Waals surface area contributed by atoms with Gasteiger partial charge in [-0.05, 0) is 36.3 Å². The van der Waals surface area contributed by atoms with Gasteiger partial charge in [0, 0.05) is 17.3 Å². The first-order chi connectivity index (χ1) is 8.92. The zero-order valence-electron chi connectivity index (χ0n) is 10.1. The van der Waals surface area contributed by atoms with Crippen molar-refractivity contribution in [3.63, 3.8) is 0 Å². The lowest BCUT2D eigenvalue weighted by molar-refractivity contribution is 0.328. The van der Waals surface area contributed by atoms with Gasteiger partial charge in [0.15, 0.2) is 5.82 Å². The number of fused-ring (bicyclic) bond motifs is 1. The SMILES string of the molecule is c1cc2c(s1)CCNC2c1nc(C2CCC2)no1. The fourth-order valence-electron chi connectivity index (χ4n) is 2.67. The molecule has 0 radical (unpaired) electrons. The highest BCUT2D eigenvalue weighted by Crippen LogP contribution is 2.36. The Kier molecular flexibility index (Phi) is 2.48. The molecule has 0 saturated heterocycles. The molecule has 2 aromatic heterocycles. The number of nitrogens with one attached hydrogen (secondary N) is 1. The zero-order chi connectivity index (χ0) is 11.9. The summed E-state index contributed by atoms with van der Waals surface area (Å²) in [6.45, 7) is 0.985. The lowest BCUT2D eigenvalue weighted by Gasteiger charge is -2.22. The second kappa shape index (κ2) is 4.17. The molecular formula is C13H15N3OS. The molecule has 18 heavy (non-hydrogen) atoms. The third kappa shape index (κ3) is 1.61. The topological polar surface area (TPSA) is 51.0 Å². The van der Waals surface area contributed by atoms with Crippen molar-refractivity contribution < 1.29 is 4.52 Å². The third-order valence-electron chi connectivity index (χ3n) is 3.97. The molecule has 0 aromatic carbocycles. The highest BCUT2D eigenvalue weighted by molar-refractivity contribution is 7.10. The van der Waals surface area contributed by atoms with Crippen LogP contribution in [0.5, 0.6) is 0 Å². The van der Waals surface area contributed by atoms with Crippen molar-refractivity contribution in [2.24, 2.45) is 0 Å². The molecule has 1 aliphatic carbocycles. The average molecular weight is 261 g/mol. The summed E-state index contributed by atoms with van der Waals surface area (Å²) in [7, 11) is 0. The van der Waals surface area contributed by atoms with E-state index in [0.717, 1.165) is 24.7 Å². The Balaban J connectivity index is 1.65. The molecule has 3 heterocycles. The van der Waals surface area contributed by atoms with Crippen LogP contribution in [0.25, 0.3) is 0 Å². The Hall–Kier alpha value is -1.20. The van der Waals surface area contributed by atoms with Crippen LogP contribution >= 0.6 is 11.3 Å². The van der Waals surface area contributed by atoms with Gasteiger partial charge < -0.3 is 9.84 Å². The summed E-state index contributed by atoms with van der Waals surface area (Å²) in [5, 5.41) is 9.77. The van der Waals surface area contributed by atoms with Crippen molar-refractivity contribution in [1.82, 2.24) is 15.5 Å². The summed E-state index contributed by atoms with van der Waals surface area (Å²) < 4.78 is 5.47. The summed E-state index contributed by atoms with van der Waals surface area (Å²) in [6, 6.07) is 2.27. The molecule has 0 amide bonds. The zero-order valence-corrected chi connectivity index (χ0v) is 10.9. The van der Waals surface area contributed by atoms with Gasteiger partial charge in [0.25, 0.3) is 0 Å². The summed E-state index contributed by atoms with van der Waals surface area (Å²) in [5.74, 6) is 2.17. The number of hydrogen-bond donors (Lipinski definition) is 1. The molecular weight excluding hydrogens is 246 g/mol. The summed E-state index contributed by atoms with van der Waals surface area (Å²) >= 11 is 1.82. The molecule has 1 atom stereocenters. The molecule has 2 aromatic rings. The number of nitrogens with zero attached hydrogens (tertiary/aromatic N) is 2. The summed E-state index contributed by atoms with van der Waals surface area (Å²) in [4.78, 5) is 6.05. The van der Waals surface area contributed by atoms with Crippen LogP contribution in [0.1, 0.15) is 53.4 Å². The van der Waals surface area contributed by atoms with Gasteiger partial charge >= 0.3 is 0 Å². The molecule has 0 spiro atoms. The van der Waals surface area contributed by atoms with Gasteiger partial charge in [-0.3, -0.25) is 0 Å². The van der Waals surface area contributed by atoms with Crippen LogP contribution in [0.2, 0.25) is 0 Å². The molecule has 2 aliphatic rings. The van der Waals surface area contributed by atoms with Crippen LogP contribution in [0.4, 0.5) is 0 Å². The molecule has 1 aliphatic heterocycles. The van der Waals surface area contributed by atoms with Crippen LogP contribution in [-0.2, 0) is 6.42 Å². The average Bonchev–Trinajstić information content (AvgIpc) is 2.93. The van der Waals surface area contributed by atoms with E-state index < -0.39 is 0 Å². The van der Waals surface area contributed by atoms with Crippen LogP contribution in [0.3, 0.4) is 0 Å². The van der Waals surface area contributed by atoms with Crippen LogP contribution in [-0.4, -0.2) is 16.7 Å². The molecule has 1 unspecified atom stereocenters. The molecule has 4 rings (SSSR count). The van der Waals surface area contributed by atoms with E-state index in [-0.39, 0.29) is 6.04 Å². The monoisotopic (exact) mass is 261 g/mol. The van der Waals surface area contributed by atoms with Gasteiger partial charge in [0.1, 0.15) is 6.04 Å². The van der Waals surface area contributed by atoms with Crippen LogP contribution < -0.4 is 5.32 Å².